The first kappa shape index (κ1) is 10.9. The lowest BCUT2D eigenvalue weighted by Gasteiger charge is -2.20. The number of hydrogen-bond acceptors (Lipinski definition) is 4. The monoisotopic (exact) mass is 247 g/mol. The van der Waals surface area contributed by atoms with Gasteiger partial charge in [0.2, 0.25) is 0 Å². The second-order valence-electron chi connectivity index (χ2n) is 4.31. The van der Waals surface area contributed by atoms with Gasteiger partial charge >= 0.3 is 0 Å². The highest BCUT2D eigenvalue weighted by Gasteiger charge is 2.23. The van der Waals surface area contributed by atoms with E-state index in [2.05, 4.69) is 4.98 Å². The van der Waals surface area contributed by atoms with Gasteiger partial charge in [0.25, 0.3) is 0 Å². The summed E-state index contributed by atoms with van der Waals surface area (Å²) in [4.78, 5) is 16.6. The molecule has 88 valence electrons. The summed E-state index contributed by atoms with van der Waals surface area (Å²) in [6.07, 6.45) is 3.60. The Hall–Kier alpha value is -1.26. The molecule has 1 atom stereocenters. The number of Topliss-reactive ketones (excluding diaryl/α,β-unsaturated/α-hetero) is 1. The number of carbonyl (C=O) groups is 1. The molecule has 17 heavy (non-hydrogen) atoms. The van der Waals surface area contributed by atoms with Gasteiger partial charge in [0, 0.05) is 24.3 Å². The van der Waals surface area contributed by atoms with Crippen molar-refractivity contribution in [2.45, 2.75) is 12.8 Å². The van der Waals surface area contributed by atoms with E-state index < -0.39 is 0 Å². The van der Waals surface area contributed by atoms with Gasteiger partial charge in [-0.1, -0.05) is 0 Å². The molecule has 0 N–H and O–H groups in total. The Balaban J connectivity index is 1.88. The molecule has 1 fully saturated rings. The molecule has 1 aliphatic heterocycles. The van der Waals surface area contributed by atoms with Crippen LogP contribution in [0, 0.1) is 5.92 Å². The van der Waals surface area contributed by atoms with Crippen LogP contribution in [0.5, 0.6) is 0 Å². The maximum Gasteiger partial charge on any atom is 0.169 e. The number of rotatable bonds is 2. The minimum atomic E-state index is 0.0166. The molecule has 0 spiro atoms. The third kappa shape index (κ3) is 2.10. The Kier molecular flexibility index (Phi) is 2.91. The molecule has 0 bridgehead atoms. The van der Waals surface area contributed by atoms with E-state index in [1.165, 1.54) is 0 Å². The van der Waals surface area contributed by atoms with Gasteiger partial charge in [-0.05, 0) is 30.4 Å². The molecule has 4 heteroatoms. The zero-order valence-electron chi connectivity index (χ0n) is 9.39. The molecule has 0 radical (unpaired) electrons. The number of hydrogen-bond donors (Lipinski definition) is 0. The van der Waals surface area contributed by atoms with Crippen LogP contribution in [0.3, 0.4) is 0 Å². The van der Waals surface area contributed by atoms with Crippen LogP contribution in [0.4, 0.5) is 0 Å². The van der Waals surface area contributed by atoms with Crippen molar-refractivity contribution < 1.29 is 9.53 Å². The molecule has 0 amide bonds. The maximum atomic E-state index is 12.2. The van der Waals surface area contributed by atoms with Crippen LogP contribution in [0.25, 0.3) is 10.2 Å². The van der Waals surface area contributed by atoms with Crippen LogP contribution < -0.4 is 0 Å². The number of fused-ring (bicyclic) bond motifs is 1. The molecular weight excluding hydrogens is 234 g/mol. The lowest BCUT2D eigenvalue weighted by Crippen LogP contribution is -2.25. The van der Waals surface area contributed by atoms with Gasteiger partial charge in [-0.15, -0.1) is 11.3 Å². The number of ketones is 1. The Labute approximate surface area is 103 Å². The predicted molar refractivity (Wildman–Crippen MR) is 67.5 cm³/mol. The second-order valence-corrected chi connectivity index (χ2v) is 5.25. The Bertz CT molecular complexity index is 543. The van der Waals surface area contributed by atoms with E-state index in [-0.39, 0.29) is 11.7 Å². The summed E-state index contributed by atoms with van der Waals surface area (Å²) >= 11 is 1.62. The van der Waals surface area contributed by atoms with E-state index in [4.69, 9.17) is 4.74 Å². The quantitative estimate of drug-likeness (QED) is 0.766. The Morgan fingerprint density at radius 3 is 3.29 bits per heavy atom. The largest absolute Gasteiger partial charge is 0.381 e. The molecule has 2 aromatic rings. The standard InChI is InChI=1S/C13H13NO2S/c15-13(9-2-1-4-16-8-9)10-6-12-11(14-7-10)3-5-17-12/h3,5-7,9H,1-2,4,8H2. The van der Waals surface area contributed by atoms with Crippen LogP contribution in [-0.2, 0) is 4.74 Å². The van der Waals surface area contributed by atoms with Gasteiger partial charge in [-0.3, -0.25) is 9.78 Å². The molecule has 3 rings (SSSR count). The van der Waals surface area contributed by atoms with Crippen molar-refractivity contribution in [3.05, 3.63) is 29.3 Å². The van der Waals surface area contributed by atoms with E-state index in [0.717, 1.165) is 35.2 Å². The first-order valence-corrected chi connectivity index (χ1v) is 6.68. The summed E-state index contributed by atoms with van der Waals surface area (Å²) in [5, 5.41) is 2.00. The van der Waals surface area contributed by atoms with Crippen molar-refractivity contribution in [3.8, 4) is 0 Å². The van der Waals surface area contributed by atoms with Gasteiger partial charge in [-0.25, -0.2) is 0 Å². The first-order chi connectivity index (χ1) is 8.34. The van der Waals surface area contributed by atoms with Crippen molar-refractivity contribution in [3.63, 3.8) is 0 Å². The first-order valence-electron chi connectivity index (χ1n) is 5.80. The lowest BCUT2D eigenvalue weighted by molar-refractivity contribution is 0.0461. The fraction of sp³-hybridized carbons (Fsp3) is 0.385. The van der Waals surface area contributed by atoms with E-state index >= 15 is 0 Å². The minimum Gasteiger partial charge on any atom is -0.381 e. The molecule has 1 unspecified atom stereocenters. The zero-order valence-corrected chi connectivity index (χ0v) is 10.2. The van der Waals surface area contributed by atoms with Gasteiger partial charge in [-0.2, -0.15) is 0 Å². The highest BCUT2D eigenvalue weighted by molar-refractivity contribution is 7.17. The molecule has 2 aromatic heterocycles. The third-order valence-electron chi connectivity index (χ3n) is 3.12. The second kappa shape index (κ2) is 4.55. The van der Waals surface area contributed by atoms with E-state index in [1.807, 2.05) is 17.5 Å². The number of carbonyl (C=O) groups excluding carboxylic acids is 1. The molecule has 1 saturated heterocycles. The van der Waals surface area contributed by atoms with Gasteiger partial charge in [0.1, 0.15) is 0 Å². The fourth-order valence-electron chi connectivity index (χ4n) is 2.16. The average Bonchev–Trinajstić information content (AvgIpc) is 2.86. The maximum absolute atomic E-state index is 12.2. The molecule has 1 aliphatic rings. The van der Waals surface area contributed by atoms with Gasteiger partial charge in [0.15, 0.2) is 5.78 Å². The summed E-state index contributed by atoms with van der Waals surface area (Å²) in [5.41, 5.74) is 1.68. The Morgan fingerprint density at radius 2 is 2.47 bits per heavy atom. The van der Waals surface area contributed by atoms with Gasteiger partial charge in [0.05, 0.1) is 16.8 Å². The van der Waals surface area contributed by atoms with Crippen molar-refractivity contribution >= 4 is 27.3 Å². The highest BCUT2D eigenvalue weighted by Crippen LogP contribution is 2.23. The molecular formula is C13H13NO2S. The molecule has 0 aromatic carbocycles. The van der Waals surface area contributed by atoms with Crippen LogP contribution >= 0.6 is 11.3 Å². The van der Waals surface area contributed by atoms with E-state index in [1.54, 1.807) is 17.5 Å². The number of thiophene rings is 1. The number of ether oxygens (including phenoxy) is 1. The minimum absolute atomic E-state index is 0.0166. The van der Waals surface area contributed by atoms with Crippen LogP contribution in [0.1, 0.15) is 23.2 Å². The fourth-order valence-corrected chi connectivity index (χ4v) is 2.94. The summed E-state index contributed by atoms with van der Waals surface area (Å²) in [5.74, 6) is 0.190. The normalized spacial score (nSPS) is 20.6. The molecule has 3 heterocycles. The Morgan fingerprint density at radius 1 is 1.53 bits per heavy atom. The van der Waals surface area contributed by atoms with Crippen molar-refractivity contribution in [1.29, 1.82) is 0 Å². The van der Waals surface area contributed by atoms with Crippen LogP contribution in [-0.4, -0.2) is 24.0 Å². The van der Waals surface area contributed by atoms with Gasteiger partial charge < -0.3 is 4.74 Å². The smallest absolute Gasteiger partial charge is 0.169 e. The van der Waals surface area contributed by atoms with Crippen LogP contribution in [0.2, 0.25) is 0 Å². The number of pyridine rings is 1. The summed E-state index contributed by atoms with van der Waals surface area (Å²) in [7, 11) is 0. The van der Waals surface area contributed by atoms with Crippen molar-refractivity contribution in [2.24, 2.45) is 5.92 Å². The number of aromatic nitrogens is 1. The molecule has 3 nitrogen and oxygen atoms in total. The summed E-state index contributed by atoms with van der Waals surface area (Å²) < 4.78 is 6.44. The zero-order chi connectivity index (χ0) is 11.7. The lowest BCUT2D eigenvalue weighted by atomic mass is 9.93. The average molecular weight is 247 g/mol. The topological polar surface area (TPSA) is 39.2 Å². The van der Waals surface area contributed by atoms with Crippen LogP contribution in [0.15, 0.2) is 23.7 Å². The predicted octanol–water partition coefficient (Wildman–Crippen LogP) is 2.91. The molecule has 0 saturated carbocycles. The van der Waals surface area contributed by atoms with Crippen molar-refractivity contribution in [1.82, 2.24) is 4.98 Å². The van der Waals surface area contributed by atoms with E-state index in [0.29, 0.717) is 6.61 Å². The third-order valence-corrected chi connectivity index (χ3v) is 3.97. The summed E-state index contributed by atoms with van der Waals surface area (Å²) in [6.45, 7) is 1.34. The van der Waals surface area contributed by atoms with E-state index in [9.17, 15) is 4.79 Å². The summed E-state index contributed by atoms with van der Waals surface area (Å²) in [6, 6.07) is 3.92. The number of nitrogens with zero attached hydrogens (tertiary/aromatic N) is 1. The highest BCUT2D eigenvalue weighted by atomic mass is 32.1. The van der Waals surface area contributed by atoms with Crippen molar-refractivity contribution in [2.75, 3.05) is 13.2 Å². The SMILES string of the molecule is O=C(c1cnc2ccsc2c1)C1CCCOC1. The molecule has 0 aliphatic carbocycles.